The van der Waals surface area contributed by atoms with Crippen LogP contribution < -0.4 is 0 Å². The molecule has 0 aliphatic heterocycles. The van der Waals surface area contributed by atoms with Crippen LogP contribution in [0.25, 0.3) is 0 Å². The number of carboxylic acid groups (broad SMARTS) is 1. The molecule has 0 aromatic rings. The molecule has 3 saturated carbocycles. The quantitative estimate of drug-likeness (QED) is 0.451. The molecule has 4 aliphatic rings. The van der Waals surface area contributed by atoms with Crippen LogP contribution in [0.15, 0.2) is 11.6 Å². The second-order valence-electron chi connectivity index (χ2n) is 12.6. The Morgan fingerprint density at radius 1 is 1.07 bits per heavy atom. The normalized spacial score (nSPS) is 44.1. The van der Waals surface area contributed by atoms with Gasteiger partial charge < -0.3 is 5.11 Å². The molecule has 0 aromatic heterocycles. The van der Waals surface area contributed by atoms with Crippen LogP contribution in [0.2, 0.25) is 0 Å². The zero-order valence-corrected chi connectivity index (χ0v) is 20.3. The van der Waals surface area contributed by atoms with E-state index >= 15 is 0 Å². The molecule has 2 nitrogen and oxygen atoms in total. The van der Waals surface area contributed by atoms with E-state index < -0.39 is 5.97 Å². The zero-order chi connectivity index (χ0) is 21.7. The van der Waals surface area contributed by atoms with Crippen molar-refractivity contribution in [3.63, 3.8) is 0 Å². The van der Waals surface area contributed by atoms with E-state index in [0.717, 1.165) is 54.8 Å². The monoisotopic (exact) mass is 414 g/mol. The van der Waals surface area contributed by atoms with Crippen LogP contribution in [-0.2, 0) is 4.79 Å². The van der Waals surface area contributed by atoms with Gasteiger partial charge in [-0.25, -0.2) is 0 Å². The van der Waals surface area contributed by atoms with Gasteiger partial charge in [-0.15, -0.1) is 0 Å². The highest BCUT2D eigenvalue weighted by atomic mass is 16.4. The predicted octanol–water partition coefficient (Wildman–Crippen LogP) is 7.73. The van der Waals surface area contributed by atoms with Crippen LogP contribution in [0, 0.1) is 52.3 Å². The van der Waals surface area contributed by atoms with Gasteiger partial charge in [-0.3, -0.25) is 4.79 Å². The van der Waals surface area contributed by atoms with E-state index in [1.165, 1.54) is 56.9 Å². The molecule has 3 fully saturated rings. The highest BCUT2D eigenvalue weighted by Crippen LogP contribution is 2.67. The molecule has 0 aromatic carbocycles. The number of carbonyl (C=O) groups is 1. The van der Waals surface area contributed by atoms with Gasteiger partial charge in [0.05, 0.1) is 5.92 Å². The van der Waals surface area contributed by atoms with Crippen molar-refractivity contribution in [3.8, 4) is 0 Å². The molecule has 2 heteroatoms. The van der Waals surface area contributed by atoms with Gasteiger partial charge in [0.25, 0.3) is 0 Å². The lowest BCUT2D eigenvalue weighted by molar-refractivity contribution is -0.143. The molecule has 0 bridgehead atoms. The second-order valence-corrected chi connectivity index (χ2v) is 12.6. The molecule has 0 radical (unpaired) electrons. The van der Waals surface area contributed by atoms with Gasteiger partial charge in [0.1, 0.15) is 0 Å². The van der Waals surface area contributed by atoms with Crippen LogP contribution in [0.4, 0.5) is 0 Å². The summed E-state index contributed by atoms with van der Waals surface area (Å²) in [7, 11) is 0. The molecule has 8 atom stereocenters. The smallest absolute Gasteiger partial charge is 0.306 e. The first-order chi connectivity index (χ1) is 14.2. The predicted molar refractivity (Wildman–Crippen MR) is 124 cm³/mol. The van der Waals surface area contributed by atoms with Crippen molar-refractivity contribution in [1.29, 1.82) is 0 Å². The van der Waals surface area contributed by atoms with Crippen LogP contribution in [-0.4, -0.2) is 11.1 Å². The number of hydrogen-bond acceptors (Lipinski definition) is 1. The fourth-order valence-electron chi connectivity index (χ4n) is 8.90. The third-order valence-corrected chi connectivity index (χ3v) is 10.7. The Morgan fingerprint density at radius 2 is 1.83 bits per heavy atom. The number of aliphatic carboxylic acids is 1. The summed E-state index contributed by atoms with van der Waals surface area (Å²) >= 11 is 0. The SMILES string of the molecule is CC(C)CCC[C@@H](C)[C@H]1CC[C@H]2[C@@H]3CC=C4C[C@H](C(=O)O)CC[C@]4(C)[C@H]3CC[C@]12C. The summed E-state index contributed by atoms with van der Waals surface area (Å²) in [6, 6.07) is 0. The largest absolute Gasteiger partial charge is 0.481 e. The van der Waals surface area contributed by atoms with Gasteiger partial charge in [-0.2, -0.15) is 0 Å². The van der Waals surface area contributed by atoms with Gasteiger partial charge in [0.15, 0.2) is 0 Å². The number of allylic oxidation sites excluding steroid dienone is 2. The minimum atomic E-state index is -0.582. The fourth-order valence-corrected chi connectivity index (χ4v) is 8.90. The Kier molecular flexibility index (Phi) is 6.19. The minimum absolute atomic E-state index is 0.141. The van der Waals surface area contributed by atoms with E-state index in [4.69, 9.17) is 0 Å². The molecule has 4 rings (SSSR count). The number of rotatable bonds is 6. The molecule has 0 saturated heterocycles. The molecule has 30 heavy (non-hydrogen) atoms. The Hall–Kier alpha value is -0.790. The van der Waals surface area contributed by atoms with Gasteiger partial charge in [0.2, 0.25) is 0 Å². The maximum atomic E-state index is 11.6. The summed E-state index contributed by atoms with van der Waals surface area (Å²) in [6.07, 6.45) is 16.4. The zero-order valence-electron chi connectivity index (χ0n) is 20.3. The first kappa shape index (κ1) is 22.4. The van der Waals surface area contributed by atoms with E-state index in [0.29, 0.717) is 5.41 Å². The minimum Gasteiger partial charge on any atom is -0.481 e. The third-order valence-electron chi connectivity index (χ3n) is 10.7. The Labute approximate surface area is 185 Å². The number of carboxylic acids is 1. The van der Waals surface area contributed by atoms with E-state index in [9.17, 15) is 9.90 Å². The lowest BCUT2D eigenvalue weighted by Crippen LogP contribution is -2.50. The van der Waals surface area contributed by atoms with Gasteiger partial charge in [-0.1, -0.05) is 65.5 Å². The van der Waals surface area contributed by atoms with Crippen molar-refractivity contribution in [2.45, 2.75) is 105 Å². The standard InChI is InChI=1S/C28H46O2/c1-18(2)7-6-8-19(3)23-11-12-24-22-10-9-21-17-20(26(29)30)13-15-27(21,4)25(22)14-16-28(23,24)5/h9,18-20,22-25H,6-8,10-17H2,1-5H3,(H,29,30)/t19-,20-,22+,23-,24+,25+,27+,28-/m1/s1. The molecule has 1 N–H and O–H groups in total. The topological polar surface area (TPSA) is 37.3 Å². The van der Waals surface area contributed by atoms with Gasteiger partial charge >= 0.3 is 5.97 Å². The van der Waals surface area contributed by atoms with E-state index in [-0.39, 0.29) is 11.3 Å². The lowest BCUT2D eigenvalue weighted by atomic mass is 9.46. The average molecular weight is 415 g/mol. The number of hydrogen-bond donors (Lipinski definition) is 1. The highest BCUT2D eigenvalue weighted by Gasteiger charge is 2.59. The lowest BCUT2D eigenvalue weighted by Gasteiger charge is -2.58. The van der Waals surface area contributed by atoms with Crippen molar-refractivity contribution in [2.24, 2.45) is 52.3 Å². The number of fused-ring (bicyclic) bond motifs is 5. The maximum absolute atomic E-state index is 11.6. The molecule has 170 valence electrons. The highest BCUT2D eigenvalue weighted by molar-refractivity contribution is 5.70. The van der Waals surface area contributed by atoms with E-state index in [1.807, 2.05) is 0 Å². The summed E-state index contributed by atoms with van der Waals surface area (Å²) in [6.45, 7) is 12.4. The Balaban J connectivity index is 1.49. The molecule has 0 heterocycles. The maximum Gasteiger partial charge on any atom is 0.306 e. The van der Waals surface area contributed by atoms with Gasteiger partial charge in [0, 0.05) is 0 Å². The van der Waals surface area contributed by atoms with Crippen LogP contribution in [0.5, 0.6) is 0 Å². The third kappa shape index (κ3) is 3.69. The van der Waals surface area contributed by atoms with Crippen molar-refractivity contribution in [1.82, 2.24) is 0 Å². The molecular weight excluding hydrogens is 368 g/mol. The molecule has 0 amide bonds. The summed E-state index contributed by atoms with van der Waals surface area (Å²) in [5, 5.41) is 9.55. The second kappa shape index (κ2) is 8.28. The summed E-state index contributed by atoms with van der Waals surface area (Å²) in [5.74, 6) is 4.41. The first-order valence-corrected chi connectivity index (χ1v) is 13.1. The van der Waals surface area contributed by atoms with Crippen LogP contribution in [0.1, 0.15) is 105 Å². The van der Waals surface area contributed by atoms with Crippen molar-refractivity contribution in [2.75, 3.05) is 0 Å². The van der Waals surface area contributed by atoms with Crippen molar-refractivity contribution >= 4 is 5.97 Å². The van der Waals surface area contributed by atoms with Crippen LogP contribution >= 0.6 is 0 Å². The average Bonchev–Trinajstić information content (AvgIpc) is 3.04. The Bertz CT molecular complexity index is 678. The van der Waals surface area contributed by atoms with Gasteiger partial charge in [-0.05, 0) is 97.7 Å². The molecule has 0 unspecified atom stereocenters. The summed E-state index contributed by atoms with van der Waals surface area (Å²) in [5.41, 5.74) is 2.32. The summed E-state index contributed by atoms with van der Waals surface area (Å²) in [4.78, 5) is 11.6. The molecular formula is C28H46O2. The van der Waals surface area contributed by atoms with Crippen molar-refractivity contribution in [3.05, 3.63) is 11.6 Å². The molecule has 4 aliphatic carbocycles. The van der Waals surface area contributed by atoms with E-state index in [1.54, 1.807) is 0 Å². The van der Waals surface area contributed by atoms with Crippen molar-refractivity contribution < 1.29 is 9.90 Å². The summed E-state index contributed by atoms with van der Waals surface area (Å²) < 4.78 is 0. The first-order valence-electron chi connectivity index (χ1n) is 13.1. The Morgan fingerprint density at radius 3 is 2.53 bits per heavy atom. The molecule has 0 spiro atoms. The van der Waals surface area contributed by atoms with Crippen LogP contribution in [0.3, 0.4) is 0 Å². The van der Waals surface area contributed by atoms with E-state index in [2.05, 4.69) is 40.7 Å². The fraction of sp³-hybridized carbons (Fsp3) is 0.893.